The molecule has 7 heteroatoms. The molecule has 0 aromatic heterocycles. The minimum absolute atomic E-state index is 0.0337. The van der Waals surface area contributed by atoms with Gasteiger partial charge >= 0.3 is 5.97 Å². The van der Waals surface area contributed by atoms with Crippen molar-refractivity contribution < 1.29 is 19.5 Å². The summed E-state index contributed by atoms with van der Waals surface area (Å²) in [4.78, 5) is 38.0. The summed E-state index contributed by atoms with van der Waals surface area (Å²) >= 11 is 7.06. The summed E-state index contributed by atoms with van der Waals surface area (Å²) in [6, 6.07) is 6.12. The van der Waals surface area contributed by atoms with Gasteiger partial charge in [-0.05, 0) is 25.0 Å². The molecule has 22 heavy (non-hydrogen) atoms. The molecule has 0 unspecified atom stereocenters. The lowest BCUT2D eigenvalue weighted by molar-refractivity contribution is -0.122. The van der Waals surface area contributed by atoms with Crippen LogP contribution in [0.5, 0.6) is 0 Å². The number of fused-ring (bicyclic) bond motifs is 1. The molecule has 1 aromatic carbocycles. The molecule has 1 aliphatic carbocycles. The van der Waals surface area contributed by atoms with Crippen LogP contribution in [0.1, 0.15) is 23.2 Å². The number of aromatic carboxylic acids is 1. The highest BCUT2D eigenvalue weighted by Gasteiger charge is 2.52. The van der Waals surface area contributed by atoms with Gasteiger partial charge in [0.1, 0.15) is 0 Å². The van der Waals surface area contributed by atoms with Gasteiger partial charge in [-0.1, -0.05) is 44.0 Å². The fourth-order valence-electron chi connectivity index (χ4n) is 3.18. The van der Waals surface area contributed by atoms with Crippen LogP contribution in [0.15, 0.2) is 24.3 Å². The molecule has 2 aliphatic rings. The van der Waals surface area contributed by atoms with E-state index in [4.69, 9.17) is 0 Å². The van der Waals surface area contributed by atoms with E-state index in [0.29, 0.717) is 12.8 Å². The summed E-state index contributed by atoms with van der Waals surface area (Å²) < 4.78 is 0. The van der Waals surface area contributed by atoms with E-state index in [-0.39, 0.29) is 44.6 Å². The fraction of sp³-hybridized carbons (Fsp3) is 0.400. The maximum absolute atomic E-state index is 12.7. The Labute approximate surface area is 143 Å². The van der Waals surface area contributed by atoms with Crippen LogP contribution in [0, 0.1) is 11.8 Å². The van der Waals surface area contributed by atoms with Crippen molar-refractivity contribution in [1.82, 2.24) is 0 Å². The molecule has 4 atom stereocenters. The van der Waals surface area contributed by atoms with Crippen molar-refractivity contribution in [3.05, 3.63) is 29.8 Å². The van der Waals surface area contributed by atoms with Gasteiger partial charge in [-0.15, -0.1) is 0 Å². The maximum Gasteiger partial charge on any atom is 0.337 e. The Bertz CT molecular complexity index is 635. The Morgan fingerprint density at radius 1 is 1.05 bits per heavy atom. The average Bonchev–Trinajstić information content (AvgIpc) is 2.71. The van der Waals surface area contributed by atoms with E-state index in [1.807, 2.05) is 0 Å². The lowest BCUT2D eigenvalue weighted by atomic mass is 9.81. The predicted octanol–water partition coefficient (Wildman–Crippen LogP) is 2.81. The van der Waals surface area contributed by atoms with Crippen molar-refractivity contribution in [2.24, 2.45) is 11.8 Å². The predicted molar refractivity (Wildman–Crippen MR) is 87.5 cm³/mol. The zero-order valence-electron chi connectivity index (χ0n) is 11.4. The van der Waals surface area contributed by atoms with Gasteiger partial charge in [-0.25, -0.2) is 9.69 Å². The van der Waals surface area contributed by atoms with Gasteiger partial charge in [0.05, 0.1) is 23.1 Å². The Balaban J connectivity index is 2.01. The second-order valence-corrected chi connectivity index (χ2v) is 7.90. The number of anilines is 1. The van der Waals surface area contributed by atoms with Crippen molar-refractivity contribution in [3.63, 3.8) is 0 Å². The van der Waals surface area contributed by atoms with Crippen LogP contribution in [0.3, 0.4) is 0 Å². The van der Waals surface area contributed by atoms with E-state index >= 15 is 0 Å². The topological polar surface area (TPSA) is 74.7 Å². The number of benzene rings is 1. The monoisotopic (exact) mass is 429 g/mol. The van der Waals surface area contributed by atoms with E-state index in [9.17, 15) is 19.5 Å². The van der Waals surface area contributed by atoms with Crippen LogP contribution >= 0.6 is 31.9 Å². The highest BCUT2D eigenvalue weighted by molar-refractivity contribution is 9.12. The van der Waals surface area contributed by atoms with Crippen molar-refractivity contribution in [1.29, 1.82) is 0 Å². The summed E-state index contributed by atoms with van der Waals surface area (Å²) in [5.74, 6) is -2.51. The van der Waals surface area contributed by atoms with Crippen LogP contribution in [0.4, 0.5) is 5.69 Å². The zero-order chi connectivity index (χ0) is 16.0. The first-order chi connectivity index (χ1) is 10.4. The second kappa shape index (κ2) is 5.77. The molecule has 1 saturated carbocycles. The third-order valence-electron chi connectivity index (χ3n) is 4.29. The molecule has 1 N–H and O–H groups in total. The highest BCUT2D eigenvalue weighted by atomic mass is 79.9. The van der Waals surface area contributed by atoms with Crippen molar-refractivity contribution in [3.8, 4) is 0 Å². The number of alkyl halides is 2. The van der Waals surface area contributed by atoms with E-state index in [1.54, 1.807) is 12.1 Å². The standard InChI is InChI=1S/C15H13Br2NO4/c16-10-5-8-9(6-11(10)17)14(20)18(13(8)19)12-4-2-1-3-7(12)15(21)22/h1-4,8-11H,5-6H2,(H,21,22)/t8-,9-,10-,11+/m1/s1. The molecule has 1 heterocycles. The molecule has 0 radical (unpaired) electrons. The minimum Gasteiger partial charge on any atom is -0.478 e. The molecule has 2 amide bonds. The third-order valence-corrected chi connectivity index (χ3v) is 7.02. The molecule has 3 rings (SSSR count). The summed E-state index contributed by atoms with van der Waals surface area (Å²) in [6.45, 7) is 0. The van der Waals surface area contributed by atoms with Gasteiger partial charge in [-0.2, -0.15) is 0 Å². The molecule has 1 aliphatic heterocycles. The number of hydrogen-bond acceptors (Lipinski definition) is 3. The van der Waals surface area contributed by atoms with Crippen LogP contribution < -0.4 is 4.90 Å². The number of carbonyl (C=O) groups is 3. The number of carboxylic acid groups (broad SMARTS) is 1. The van der Waals surface area contributed by atoms with Gasteiger partial charge < -0.3 is 5.11 Å². The number of nitrogens with zero attached hydrogens (tertiary/aromatic N) is 1. The minimum atomic E-state index is -1.15. The lowest BCUT2D eigenvalue weighted by Gasteiger charge is -2.29. The Morgan fingerprint density at radius 3 is 2.05 bits per heavy atom. The molecule has 116 valence electrons. The van der Waals surface area contributed by atoms with Crippen LogP contribution in [0.25, 0.3) is 0 Å². The van der Waals surface area contributed by atoms with E-state index < -0.39 is 5.97 Å². The SMILES string of the molecule is O=C(O)c1ccccc1N1C(=O)[C@@H]2C[C@@H](Br)[C@@H](Br)C[C@H]2C1=O. The second-order valence-electron chi connectivity index (χ2n) is 5.55. The van der Waals surface area contributed by atoms with Gasteiger partial charge in [0.25, 0.3) is 0 Å². The first-order valence-corrected chi connectivity index (χ1v) is 8.73. The summed E-state index contributed by atoms with van der Waals surface area (Å²) in [5, 5.41) is 9.28. The van der Waals surface area contributed by atoms with Gasteiger partial charge in [0.15, 0.2) is 0 Å². The first kappa shape index (κ1) is 15.7. The van der Waals surface area contributed by atoms with E-state index in [1.165, 1.54) is 12.1 Å². The van der Waals surface area contributed by atoms with Crippen molar-refractivity contribution in [2.45, 2.75) is 22.5 Å². The Hall–Kier alpha value is -1.21. The summed E-state index contributed by atoms with van der Waals surface area (Å²) in [5.41, 5.74) is 0.130. The normalized spacial score (nSPS) is 31.3. The number of carbonyl (C=O) groups excluding carboxylic acids is 2. The smallest absolute Gasteiger partial charge is 0.337 e. The number of imide groups is 1. The molecular formula is C15H13Br2NO4. The molecule has 0 bridgehead atoms. The lowest BCUT2D eigenvalue weighted by Crippen LogP contribution is -2.34. The molecular weight excluding hydrogens is 418 g/mol. The molecule has 0 spiro atoms. The molecule has 1 saturated heterocycles. The number of para-hydroxylation sites is 1. The van der Waals surface area contributed by atoms with Crippen LogP contribution in [-0.4, -0.2) is 32.5 Å². The zero-order valence-corrected chi connectivity index (χ0v) is 14.6. The number of halogens is 2. The average molecular weight is 431 g/mol. The summed E-state index contributed by atoms with van der Waals surface area (Å²) in [7, 11) is 0. The summed E-state index contributed by atoms with van der Waals surface area (Å²) in [6.07, 6.45) is 1.13. The Kier molecular flexibility index (Phi) is 4.11. The maximum atomic E-state index is 12.7. The van der Waals surface area contributed by atoms with Crippen LogP contribution in [-0.2, 0) is 9.59 Å². The molecule has 2 fully saturated rings. The fourth-order valence-corrected chi connectivity index (χ4v) is 4.42. The first-order valence-electron chi connectivity index (χ1n) is 6.90. The third kappa shape index (κ3) is 2.40. The highest BCUT2D eigenvalue weighted by Crippen LogP contribution is 2.44. The van der Waals surface area contributed by atoms with E-state index in [0.717, 1.165) is 4.90 Å². The molecule has 5 nitrogen and oxygen atoms in total. The Morgan fingerprint density at radius 2 is 1.55 bits per heavy atom. The number of carboxylic acids is 1. The number of rotatable bonds is 2. The van der Waals surface area contributed by atoms with Gasteiger partial charge in [-0.3, -0.25) is 9.59 Å². The number of amides is 2. The van der Waals surface area contributed by atoms with Gasteiger partial charge in [0, 0.05) is 9.65 Å². The van der Waals surface area contributed by atoms with Crippen LogP contribution in [0.2, 0.25) is 0 Å². The van der Waals surface area contributed by atoms with Crippen molar-refractivity contribution in [2.75, 3.05) is 4.90 Å². The van der Waals surface area contributed by atoms with E-state index in [2.05, 4.69) is 31.9 Å². The number of hydrogen-bond donors (Lipinski definition) is 1. The molecule has 1 aromatic rings. The largest absolute Gasteiger partial charge is 0.478 e. The van der Waals surface area contributed by atoms with Crippen molar-refractivity contribution >= 4 is 55.3 Å². The quantitative estimate of drug-likeness (QED) is 0.578. The van der Waals surface area contributed by atoms with Gasteiger partial charge in [0.2, 0.25) is 11.8 Å².